The Morgan fingerprint density at radius 2 is 1.87 bits per heavy atom. The van der Waals surface area contributed by atoms with Crippen molar-refractivity contribution in [3.05, 3.63) is 29.3 Å². The number of anilines is 1. The molecule has 126 valence electrons. The third kappa shape index (κ3) is 5.80. The Bertz CT molecular complexity index is 696. The highest BCUT2D eigenvalue weighted by molar-refractivity contribution is 7.91. The number of hydrazine groups is 1. The van der Waals surface area contributed by atoms with Crippen LogP contribution in [0.15, 0.2) is 18.2 Å². The van der Waals surface area contributed by atoms with E-state index in [1.165, 1.54) is 0 Å². The molecule has 1 amide bonds. The van der Waals surface area contributed by atoms with Crippen LogP contribution in [0.25, 0.3) is 0 Å². The van der Waals surface area contributed by atoms with Crippen molar-refractivity contribution in [3.8, 4) is 0 Å². The molecule has 0 spiro atoms. The van der Waals surface area contributed by atoms with Gasteiger partial charge in [0.25, 0.3) is 0 Å². The van der Waals surface area contributed by atoms with Crippen molar-refractivity contribution in [2.75, 3.05) is 16.8 Å². The summed E-state index contributed by atoms with van der Waals surface area (Å²) in [5.74, 6) is -0.115. The molecule has 0 bridgehead atoms. The van der Waals surface area contributed by atoms with Crippen LogP contribution in [0.2, 0.25) is 0 Å². The van der Waals surface area contributed by atoms with Crippen molar-refractivity contribution in [1.82, 2.24) is 10.9 Å². The lowest BCUT2D eigenvalue weighted by atomic mass is 10.1. The van der Waals surface area contributed by atoms with E-state index in [1.807, 2.05) is 26.0 Å². The number of carbonyl (C=O) groups is 1. The van der Waals surface area contributed by atoms with Crippen LogP contribution < -0.4 is 16.2 Å². The van der Waals surface area contributed by atoms with Crippen LogP contribution in [0.3, 0.4) is 0 Å². The molecule has 1 aliphatic heterocycles. The predicted molar refractivity (Wildman–Crippen MR) is 94.8 cm³/mol. The molecule has 3 N–H and O–H groups in total. The van der Waals surface area contributed by atoms with E-state index in [4.69, 9.17) is 12.2 Å². The Kier molecular flexibility index (Phi) is 5.59. The van der Waals surface area contributed by atoms with Crippen molar-refractivity contribution in [2.45, 2.75) is 26.7 Å². The molecule has 0 unspecified atom stereocenters. The SMILES string of the molecule is Cc1cc(C)cc(NC(=S)NNC(=O)C[C@@H]2CCS(=O)(=O)C2)c1. The molecule has 2 rings (SSSR count). The van der Waals surface area contributed by atoms with Crippen molar-refractivity contribution in [1.29, 1.82) is 0 Å². The number of benzene rings is 1. The van der Waals surface area contributed by atoms with Gasteiger partial charge in [0.1, 0.15) is 0 Å². The summed E-state index contributed by atoms with van der Waals surface area (Å²) in [4.78, 5) is 11.8. The van der Waals surface area contributed by atoms with Crippen LogP contribution in [0.1, 0.15) is 24.0 Å². The molecule has 1 aromatic rings. The van der Waals surface area contributed by atoms with Gasteiger partial charge in [-0.3, -0.25) is 15.6 Å². The summed E-state index contributed by atoms with van der Waals surface area (Å²) in [6.07, 6.45) is 0.722. The summed E-state index contributed by atoms with van der Waals surface area (Å²) in [5.41, 5.74) is 8.20. The second kappa shape index (κ2) is 7.27. The highest BCUT2D eigenvalue weighted by Crippen LogP contribution is 2.21. The van der Waals surface area contributed by atoms with Gasteiger partial charge in [-0.15, -0.1) is 0 Å². The number of thiocarbonyl (C=S) groups is 1. The molecule has 0 saturated carbocycles. The predicted octanol–water partition coefficient (Wildman–Crippen LogP) is 1.45. The van der Waals surface area contributed by atoms with Gasteiger partial charge in [-0.1, -0.05) is 6.07 Å². The van der Waals surface area contributed by atoms with Crippen molar-refractivity contribution in [3.63, 3.8) is 0 Å². The summed E-state index contributed by atoms with van der Waals surface area (Å²) in [7, 11) is -2.96. The van der Waals surface area contributed by atoms with Gasteiger partial charge >= 0.3 is 0 Å². The number of nitrogens with one attached hydrogen (secondary N) is 3. The maximum absolute atomic E-state index is 11.8. The number of rotatable bonds is 3. The molecule has 0 aromatic heterocycles. The van der Waals surface area contributed by atoms with E-state index in [0.717, 1.165) is 16.8 Å². The summed E-state index contributed by atoms with van der Waals surface area (Å²) in [6, 6.07) is 5.96. The lowest BCUT2D eigenvalue weighted by Crippen LogP contribution is -2.44. The first-order valence-corrected chi connectivity index (χ1v) is 9.61. The monoisotopic (exact) mass is 355 g/mol. The lowest BCUT2D eigenvalue weighted by Gasteiger charge is -2.13. The van der Waals surface area contributed by atoms with Crippen LogP contribution in [0.4, 0.5) is 5.69 Å². The Hall–Kier alpha value is -1.67. The van der Waals surface area contributed by atoms with Gasteiger partial charge in [-0.2, -0.15) is 0 Å². The largest absolute Gasteiger partial charge is 0.331 e. The van der Waals surface area contributed by atoms with Gasteiger partial charge in [0.2, 0.25) is 5.91 Å². The number of sulfone groups is 1. The van der Waals surface area contributed by atoms with Crippen LogP contribution in [0, 0.1) is 19.8 Å². The molecule has 1 aromatic carbocycles. The van der Waals surface area contributed by atoms with Crippen LogP contribution in [-0.2, 0) is 14.6 Å². The standard InChI is InChI=1S/C15H21N3O3S2/c1-10-5-11(2)7-13(6-10)16-15(22)18-17-14(19)8-12-3-4-23(20,21)9-12/h5-7,12H,3-4,8-9H2,1-2H3,(H,17,19)(H2,16,18,22)/t12-/m0/s1. The second-order valence-electron chi connectivity index (χ2n) is 5.98. The molecule has 1 aliphatic rings. The van der Waals surface area contributed by atoms with Gasteiger partial charge in [-0.25, -0.2) is 8.42 Å². The van der Waals surface area contributed by atoms with Gasteiger partial charge in [-0.05, 0) is 61.7 Å². The average Bonchev–Trinajstić information content (AvgIpc) is 2.74. The van der Waals surface area contributed by atoms with E-state index in [9.17, 15) is 13.2 Å². The summed E-state index contributed by atoms with van der Waals surface area (Å²) in [6.45, 7) is 3.98. The highest BCUT2D eigenvalue weighted by atomic mass is 32.2. The normalized spacial score (nSPS) is 19.1. The molecule has 1 atom stereocenters. The van der Waals surface area contributed by atoms with Crippen LogP contribution in [0.5, 0.6) is 0 Å². The Balaban J connectivity index is 1.76. The van der Waals surface area contributed by atoms with Crippen LogP contribution in [-0.4, -0.2) is 30.9 Å². The van der Waals surface area contributed by atoms with Crippen molar-refractivity contribution >= 4 is 38.8 Å². The lowest BCUT2D eigenvalue weighted by molar-refractivity contribution is -0.122. The quantitative estimate of drug-likeness (QED) is 0.562. The average molecular weight is 355 g/mol. The molecule has 0 aliphatic carbocycles. The zero-order valence-corrected chi connectivity index (χ0v) is 14.8. The van der Waals surface area contributed by atoms with E-state index in [1.54, 1.807) is 0 Å². The summed E-state index contributed by atoms with van der Waals surface area (Å²) >= 11 is 5.13. The molecule has 8 heteroatoms. The highest BCUT2D eigenvalue weighted by Gasteiger charge is 2.29. The minimum atomic E-state index is -2.96. The zero-order chi connectivity index (χ0) is 17.0. The van der Waals surface area contributed by atoms with E-state index < -0.39 is 9.84 Å². The van der Waals surface area contributed by atoms with Crippen molar-refractivity contribution in [2.24, 2.45) is 5.92 Å². The smallest absolute Gasteiger partial charge is 0.238 e. The first-order chi connectivity index (χ1) is 10.7. The van der Waals surface area contributed by atoms with Gasteiger partial charge in [0.05, 0.1) is 11.5 Å². The number of aryl methyl sites for hydroxylation is 2. The minimum Gasteiger partial charge on any atom is -0.331 e. The number of hydrogen-bond donors (Lipinski definition) is 3. The summed E-state index contributed by atoms with van der Waals surface area (Å²) < 4.78 is 22.7. The molecule has 23 heavy (non-hydrogen) atoms. The molecule has 0 radical (unpaired) electrons. The molecule has 1 heterocycles. The molecule has 1 fully saturated rings. The maximum atomic E-state index is 11.8. The molecular weight excluding hydrogens is 334 g/mol. The third-order valence-corrected chi connectivity index (χ3v) is 5.64. The Morgan fingerprint density at radius 1 is 1.22 bits per heavy atom. The fourth-order valence-electron chi connectivity index (χ4n) is 2.68. The van der Waals surface area contributed by atoms with Crippen LogP contribution >= 0.6 is 12.2 Å². The first kappa shape index (κ1) is 17.7. The molecule has 1 saturated heterocycles. The topological polar surface area (TPSA) is 87.3 Å². The second-order valence-corrected chi connectivity index (χ2v) is 8.61. The fourth-order valence-corrected chi connectivity index (χ4v) is 4.71. The Labute approximate surface area is 141 Å². The van der Waals surface area contributed by atoms with Crippen molar-refractivity contribution < 1.29 is 13.2 Å². The van der Waals surface area contributed by atoms with E-state index in [0.29, 0.717) is 6.42 Å². The minimum absolute atomic E-state index is 0.0890. The number of amides is 1. The molecule has 6 nitrogen and oxygen atoms in total. The van der Waals surface area contributed by atoms with Gasteiger partial charge in [0, 0.05) is 12.1 Å². The van der Waals surface area contributed by atoms with Gasteiger partial charge < -0.3 is 5.32 Å². The summed E-state index contributed by atoms with van der Waals surface area (Å²) in [5, 5.41) is 3.28. The van der Waals surface area contributed by atoms with E-state index in [2.05, 4.69) is 22.2 Å². The molecular formula is C15H21N3O3S2. The Morgan fingerprint density at radius 3 is 2.43 bits per heavy atom. The maximum Gasteiger partial charge on any atom is 0.238 e. The number of carbonyl (C=O) groups excluding carboxylic acids is 1. The van der Waals surface area contributed by atoms with E-state index in [-0.39, 0.29) is 34.9 Å². The van der Waals surface area contributed by atoms with Gasteiger partial charge in [0.15, 0.2) is 14.9 Å². The zero-order valence-electron chi connectivity index (χ0n) is 13.2. The fraction of sp³-hybridized carbons (Fsp3) is 0.467. The first-order valence-electron chi connectivity index (χ1n) is 7.38. The van der Waals surface area contributed by atoms with E-state index >= 15 is 0 Å². The number of hydrogen-bond acceptors (Lipinski definition) is 4. The third-order valence-electron chi connectivity index (χ3n) is 3.60.